The Bertz CT molecular complexity index is 744. The van der Waals surface area contributed by atoms with Crippen molar-refractivity contribution in [2.45, 2.75) is 49.5 Å². The second-order valence-corrected chi connectivity index (χ2v) is 8.99. The Morgan fingerprint density at radius 1 is 1.23 bits per heavy atom. The third kappa shape index (κ3) is 4.74. The lowest BCUT2D eigenvalue weighted by molar-refractivity contribution is -0.140. The van der Waals surface area contributed by atoms with Crippen LogP contribution in [0, 0.1) is 17.8 Å². The van der Waals surface area contributed by atoms with Crippen LogP contribution < -0.4 is 4.72 Å². The van der Waals surface area contributed by atoms with Gasteiger partial charge >= 0.3 is 5.97 Å². The molecule has 2 aliphatic carbocycles. The van der Waals surface area contributed by atoms with E-state index in [2.05, 4.69) is 21.6 Å². The molecule has 0 heterocycles. The van der Waals surface area contributed by atoms with Crippen molar-refractivity contribution >= 4 is 16.0 Å². The SMILES string of the molecule is COC(=O)CCC/C=C\C[C@H]1[C@H]2C[C@H]2C[C@H]1NS(=O)(=O)c1ccccc1. The van der Waals surface area contributed by atoms with Crippen molar-refractivity contribution in [1.82, 2.24) is 4.72 Å². The average Bonchev–Trinajstić information content (AvgIpc) is 3.32. The van der Waals surface area contributed by atoms with Crippen molar-refractivity contribution < 1.29 is 17.9 Å². The van der Waals surface area contributed by atoms with Gasteiger partial charge in [0.15, 0.2) is 0 Å². The number of ether oxygens (including phenoxy) is 1. The van der Waals surface area contributed by atoms with Crippen LogP contribution in [0.25, 0.3) is 0 Å². The molecule has 26 heavy (non-hydrogen) atoms. The monoisotopic (exact) mass is 377 g/mol. The van der Waals surface area contributed by atoms with E-state index in [0.29, 0.717) is 29.1 Å². The number of allylic oxidation sites excluding steroid dienone is 2. The molecular formula is C20H27NO4S. The van der Waals surface area contributed by atoms with E-state index >= 15 is 0 Å². The molecule has 5 nitrogen and oxygen atoms in total. The van der Waals surface area contributed by atoms with E-state index in [9.17, 15) is 13.2 Å². The number of benzene rings is 1. The van der Waals surface area contributed by atoms with Gasteiger partial charge in [-0.3, -0.25) is 4.79 Å². The van der Waals surface area contributed by atoms with Crippen molar-refractivity contribution in [1.29, 1.82) is 0 Å². The number of rotatable bonds is 9. The van der Waals surface area contributed by atoms with E-state index < -0.39 is 10.0 Å². The summed E-state index contributed by atoms with van der Waals surface area (Å²) in [6, 6.07) is 8.59. The van der Waals surface area contributed by atoms with Crippen LogP contribution in [0.3, 0.4) is 0 Å². The molecule has 0 aliphatic heterocycles. The van der Waals surface area contributed by atoms with Crippen LogP contribution in [0.15, 0.2) is 47.4 Å². The molecule has 0 saturated heterocycles. The zero-order valence-corrected chi connectivity index (χ0v) is 16.0. The molecule has 1 aromatic carbocycles. The van der Waals surface area contributed by atoms with Gasteiger partial charge in [-0.25, -0.2) is 13.1 Å². The van der Waals surface area contributed by atoms with E-state index in [1.165, 1.54) is 13.5 Å². The molecule has 0 aromatic heterocycles. The summed E-state index contributed by atoms with van der Waals surface area (Å²) in [5, 5.41) is 0. The number of methoxy groups -OCH3 is 1. The Kier molecular flexibility index (Phi) is 6.14. The van der Waals surface area contributed by atoms with Crippen molar-refractivity contribution in [2.75, 3.05) is 7.11 Å². The smallest absolute Gasteiger partial charge is 0.305 e. The van der Waals surface area contributed by atoms with Gasteiger partial charge in [0.25, 0.3) is 0 Å². The molecule has 0 radical (unpaired) electrons. The number of carbonyl (C=O) groups is 1. The zero-order valence-electron chi connectivity index (χ0n) is 15.1. The highest BCUT2D eigenvalue weighted by Crippen LogP contribution is 2.56. The van der Waals surface area contributed by atoms with Crippen LogP contribution in [-0.2, 0) is 19.6 Å². The number of hydrogen-bond donors (Lipinski definition) is 1. The first-order chi connectivity index (χ1) is 12.5. The molecule has 2 aliphatic rings. The van der Waals surface area contributed by atoms with E-state index in [1.54, 1.807) is 24.3 Å². The van der Waals surface area contributed by atoms with Crippen LogP contribution in [0.1, 0.15) is 38.5 Å². The van der Waals surface area contributed by atoms with Crippen LogP contribution in [0.5, 0.6) is 0 Å². The summed E-state index contributed by atoms with van der Waals surface area (Å²) >= 11 is 0. The first-order valence-corrected chi connectivity index (χ1v) is 10.8. The molecule has 4 atom stereocenters. The quantitative estimate of drug-likeness (QED) is 0.407. The molecule has 142 valence electrons. The lowest BCUT2D eigenvalue weighted by Crippen LogP contribution is -2.38. The second-order valence-electron chi connectivity index (χ2n) is 7.28. The fourth-order valence-corrected chi connectivity index (χ4v) is 5.37. The van der Waals surface area contributed by atoms with Crippen LogP contribution >= 0.6 is 0 Å². The second kappa shape index (κ2) is 8.35. The van der Waals surface area contributed by atoms with Crippen LogP contribution in [0.4, 0.5) is 0 Å². The standard InChI is InChI=1S/C20H27NO4S/c1-25-20(22)12-8-3-2-7-11-17-18-13-15(18)14-19(17)21-26(23,24)16-9-5-4-6-10-16/h2,4-7,9-10,15,17-19,21H,3,8,11-14H2,1H3/b7-2-/t15-,17-,18-,19+/m0/s1. The van der Waals surface area contributed by atoms with Gasteiger partial charge in [0.05, 0.1) is 12.0 Å². The molecular weight excluding hydrogens is 350 g/mol. The van der Waals surface area contributed by atoms with Gasteiger partial charge in [-0.05, 0) is 62.0 Å². The average molecular weight is 378 g/mol. The van der Waals surface area contributed by atoms with Gasteiger partial charge in [-0.1, -0.05) is 30.4 Å². The third-order valence-corrected chi connectivity index (χ3v) is 7.02. The number of esters is 1. The number of fused-ring (bicyclic) bond motifs is 1. The third-order valence-electron chi connectivity index (χ3n) is 5.52. The highest BCUT2D eigenvalue weighted by atomic mass is 32.2. The summed E-state index contributed by atoms with van der Waals surface area (Å²) in [6.07, 6.45) is 9.37. The Balaban J connectivity index is 1.51. The number of nitrogens with one attached hydrogen (secondary N) is 1. The number of sulfonamides is 1. The maximum absolute atomic E-state index is 12.6. The minimum absolute atomic E-state index is 0.0173. The molecule has 3 rings (SSSR count). The maximum Gasteiger partial charge on any atom is 0.305 e. The molecule has 1 N–H and O–H groups in total. The number of hydrogen-bond acceptors (Lipinski definition) is 4. The van der Waals surface area contributed by atoms with Crippen molar-refractivity contribution in [3.8, 4) is 0 Å². The summed E-state index contributed by atoms with van der Waals surface area (Å²) in [6.45, 7) is 0. The molecule has 0 unspecified atom stereocenters. The topological polar surface area (TPSA) is 72.5 Å². The Hall–Kier alpha value is -1.66. The van der Waals surface area contributed by atoms with Crippen LogP contribution in [0.2, 0.25) is 0 Å². The minimum atomic E-state index is -3.46. The van der Waals surface area contributed by atoms with E-state index in [-0.39, 0.29) is 12.0 Å². The number of carbonyl (C=O) groups excluding carboxylic acids is 1. The lowest BCUT2D eigenvalue weighted by Gasteiger charge is -2.22. The first-order valence-electron chi connectivity index (χ1n) is 9.30. The predicted molar refractivity (Wildman–Crippen MR) is 99.9 cm³/mol. The molecule has 0 amide bonds. The lowest BCUT2D eigenvalue weighted by atomic mass is 9.95. The molecule has 1 aromatic rings. The highest BCUT2D eigenvalue weighted by Gasteiger charge is 2.53. The summed E-state index contributed by atoms with van der Waals surface area (Å²) in [5.74, 6) is 1.52. The Morgan fingerprint density at radius 2 is 2.00 bits per heavy atom. The Labute approximate surface area is 155 Å². The van der Waals surface area contributed by atoms with Gasteiger partial charge in [0.1, 0.15) is 0 Å². The molecule has 6 heteroatoms. The largest absolute Gasteiger partial charge is 0.469 e. The molecule has 0 spiro atoms. The van der Waals surface area contributed by atoms with Gasteiger partial charge < -0.3 is 4.74 Å². The van der Waals surface area contributed by atoms with Gasteiger partial charge in [0, 0.05) is 12.5 Å². The molecule has 2 saturated carbocycles. The maximum atomic E-state index is 12.6. The zero-order chi connectivity index (χ0) is 18.6. The van der Waals surface area contributed by atoms with Crippen molar-refractivity contribution in [2.24, 2.45) is 17.8 Å². The van der Waals surface area contributed by atoms with E-state index in [4.69, 9.17) is 0 Å². The fraction of sp³-hybridized carbons (Fsp3) is 0.550. The fourth-order valence-electron chi connectivity index (χ4n) is 4.04. The van der Waals surface area contributed by atoms with Crippen molar-refractivity contribution in [3.63, 3.8) is 0 Å². The van der Waals surface area contributed by atoms with E-state index in [0.717, 1.165) is 25.7 Å². The van der Waals surface area contributed by atoms with Crippen molar-refractivity contribution in [3.05, 3.63) is 42.5 Å². The van der Waals surface area contributed by atoms with Gasteiger partial charge in [-0.2, -0.15) is 0 Å². The highest BCUT2D eigenvalue weighted by molar-refractivity contribution is 7.89. The summed E-state index contributed by atoms with van der Waals surface area (Å²) in [7, 11) is -2.05. The summed E-state index contributed by atoms with van der Waals surface area (Å²) < 4.78 is 32.7. The van der Waals surface area contributed by atoms with Gasteiger partial charge in [0.2, 0.25) is 10.0 Å². The minimum Gasteiger partial charge on any atom is -0.469 e. The normalized spacial score (nSPS) is 27.4. The Morgan fingerprint density at radius 3 is 2.73 bits per heavy atom. The first kappa shape index (κ1) is 19.1. The predicted octanol–water partition coefficient (Wildman–Crippen LogP) is 3.28. The molecule has 0 bridgehead atoms. The summed E-state index contributed by atoms with van der Waals surface area (Å²) in [4.78, 5) is 11.4. The number of unbranched alkanes of at least 4 members (excludes halogenated alkanes) is 1. The molecule has 2 fully saturated rings. The van der Waals surface area contributed by atoms with E-state index in [1.807, 2.05) is 6.07 Å². The van der Waals surface area contributed by atoms with Crippen LogP contribution in [-0.4, -0.2) is 27.5 Å². The summed E-state index contributed by atoms with van der Waals surface area (Å²) in [5.41, 5.74) is 0. The van der Waals surface area contributed by atoms with Gasteiger partial charge in [-0.15, -0.1) is 0 Å².